The molecular weight excluding hydrogens is 430 g/mol. The van der Waals surface area contributed by atoms with Gasteiger partial charge in [0.15, 0.2) is 12.2 Å². The van der Waals surface area contributed by atoms with Crippen molar-refractivity contribution in [2.45, 2.75) is 18.3 Å². The van der Waals surface area contributed by atoms with Gasteiger partial charge in [0.2, 0.25) is 0 Å². The number of nitrogens with zero attached hydrogens (tertiary/aromatic N) is 3. The topological polar surface area (TPSA) is 127 Å². The van der Waals surface area contributed by atoms with Gasteiger partial charge in [-0.25, -0.2) is 14.4 Å². The molecule has 0 aromatic carbocycles. The fraction of sp³-hybridized carbons (Fsp3) is 0.217. The second-order valence-electron chi connectivity index (χ2n) is 7.01. The predicted octanol–water partition coefficient (Wildman–Crippen LogP) is 1.88. The van der Waals surface area contributed by atoms with E-state index >= 15 is 0 Å². The van der Waals surface area contributed by atoms with Crippen molar-refractivity contribution in [3.63, 3.8) is 0 Å². The van der Waals surface area contributed by atoms with E-state index in [9.17, 15) is 14.4 Å². The maximum atomic E-state index is 12.6. The van der Waals surface area contributed by atoms with E-state index in [2.05, 4.69) is 15.0 Å². The van der Waals surface area contributed by atoms with E-state index in [0.717, 1.165) is 0 Å². The molecule has 4 heterocycles. The number of hydrogen-bond donors (Lipinski definition) is 0. The van der Waals surface area contributed by atoms with Crippen LogP contribution in [0.3, 0.4) is 0 Å². The summed E-state index contributed by atoms with van der Waals surface area (Å²) in [7, 11) is 0. The fourth-order valence-corrected chi connectivity index (χ4v) is 3.13. The van der Waals surface area contributed by atoms with Crippen LogP contribution >= 0.6 is 0 Å². The van der Waals surface area contributed by atoms with Crippen LogP contribution < -0.4 is 0 Å². The van der Waals surface area contributed by atoms with Crippen LogP contribution in [0.4, 0.5) is 0 Å². The van der Waals surface area contributed by atoms with Crippen molar-refractivity contribution in [2.24, 2.45) is 0 Å². The van der Waals surface area contributed by atoms with Gasteiger partial charge in [0.1, 0.15) is 12.7 Å². The fourth-order valence-electron chi connectivity index (χ4n) is 3.13. The molecule has 1 saturated heterocycles. The maximum absolute atomic E-state index is 12.6. The number of esters is 3. The lowest BCUT2D eigenvalue weighted by molar-refractivity contribution is -0.0434. The van der Waals surface area contributed by atoms with Crippen LogP contribution in [0, 0.1) is 0 Å². The Kier molecular flexibility index (Phi) is 6.96. The van der Waals surface area contributed by atoms with Crippen LogP contribution in [0.25, 0.3) is 0 Å². The Bertz CT molecular complexity index is 1100. The van der Waals surface area contributed by atoms with E-state index in [1.54, 1.807) is 36.4 Å². The predicted molar refractivity (Wildman–Crippen MR) is 111 cm³/mol. The van der Waals surface area contributed by atoms with E-state index in [1.807, 2.05) is 0 Å². The molecule has 0 saturated carbocycles. The second-order valence-corrected chi connectivity index (χ2v) is 7.01. The molecule has 0 spiro atoms. The first-order valence-corrected chi connectivity index (χ1v) is 10.0. The van der Waals surface area contributed by atoms with Gasteiger partial charge in [-0.3, -0.25) is 15.0 Å². The number of hydrogen-bond acceptors (Lipinski definition) is 10. The number of carbonyl (C=O) groups is 3. The molecule has 33 heavy (non-hydrogen) atoms. The molecule has 0 N–H and O–H groups in total. The smallest absolute Gasteiger partial charge is 0.340 e. The first-order chi connectivity index (χ1) is 16.1. The standard InChI is InChI=1S/C23H19N3O7/c27-21(15-4-1-7-24-10-15)31-13-18-20(33-23(29)17-6-3-9-26-12-17)19(14-30-18)32-22(28)16-5-2-8-25-11-16/h1-12,18-20H,13-14H2. The molecule has 10 nitrogen and oxygen atoms in total. The average molecular weight is 449 g/mol. The molecule has 1 aliphatic rings. The van der Waals surface area contributed by atoms with Gasteiger partial charge >= 0.3 is 17.9 Å². The minimum Gasteiger partial charge on any atom is -0.459 e. The van der Waals surface area contributed by atoms with Crippen LogP contribution in [0.15, 0.2) is 73.6 Å². The van der Waals surface area contributed by atoms with Gasteiger partial charge in [0, 0.05) is 37.2 Å². The number of pyridine rings is 3. The van der Waals surface area contributed by atoms with Gasteiger partial charge in [-0.1, -0.05) is 0 Å². The summed E-state index contributed by atoms with van der Waals surface area (Å²) in [6.45, 7) is -0.272. The Morgan fingerprint density at radius 1 is 0.788 bits per heavy atom. The molecule has 0 aliphatic carbocycles. The summed E-state index contributed by atoms with van der Waals surface area (Å²) in [5.74, 6) is -1.93. The monoisotopic (exact) mass is 449 g/mol. The van der Waals surface area contributed by atoms with Crippen molar-refractivity contribution in [3.8, 4) is 0 Å². The van der Waals surface area contributed by atoms with Gasteiger partial charge < -0.3 is 18.9 Å². The zero-order valence-electron chi connectivity index (χ0n) is 17.3. The Morgan fingerprint density at radius 2 is 1.30 bits per heavy atom. The van der Waals surface area contributed by atoms with Crippen molar-refractivity contribution in [1.82, 2.24) is 15.0 Å². The van der Waals surface area contributed by atoms with E-state index in [0.29, 0.717) is 0 Å². The average Bonchev–Trinajstić information content (AvgIpc) is 3.24. The van der Waals surface area contributed by atoms with Gasteiger partial charge in [0.25, 0.3) is 0 Å². The summed E-state index contributed by atoms with van der Waals surface area (Å²) in [5.41, 5.74) is 0.716. The molecule has 4 rings (SSSR count). The normalized spacial score (nSPS) is 19.5. The maximum Gasteiger partial charge on any atom is 0.340 e. The van der Waals surface area contributed by atoms with Gasteiger partial charge in [-0.05, 0) is 36.4 Å². The lowest BCUT2D eigenvalue weighted by atomic mass is 10.1. The summed E-state index contributed by atoms with van der Waals surface area (Å²) in [5, 5.41) is 0. The molecule has 0 radical (unpaired) electrons. The lowest BCUT2D eigenvalue weighted by Crippen LogP contribution is -2.40. The molecular formula is C23H19N3O7. The van der Waals surface area contributed by atoms with Crippen molar-refractivity contribution < 1.29 is 33.3 Å². The van der Waals surface area contributed by atoms with Crippen molar-refractivity contribution >= 4 is 17.9 Å². The third-order valence-corrected chi connectivity index (χ3v) is 4.78. The van der Waals surface area contributed by atoms with Crippen LogP contribution in [-0.4, -0.2) is 64.4 Å². The van der Waals surface area contributed by atoms with E-state index in [1.165, 1.54) is 37.2 Å². The lowest BCUT2D eigenvalue weighted by Gasteiger charge is -2.23. The largest absolute Gasteiger partial charge is 0.459 e. The summed E-state index contributed by atoms with van der Waals surface area (Å²) in [4.78, 5) is 49.1. The van der Waals surface area contributed by atoms with Gasteiger partial charge in [-0.2, -0.15) is 0 Å². The molecule has 168 valence electrons. The molecule has 3 atom stereocenters. The summed E-state index contributed by atoms with van der Waals surface area (Å²) >= 11 is 0. The van der Waals surface area contributed by atoms with Crippen molar-refractivity contribution in [3.05, 3.63) is 90.3 Å². The molecule has 3 aromatic rings. The van der Waals surface area contributed by atoms with E-state index in [-0.39, 0.29) is 29.9 Å². The summed E-state index contributed by atoms with van der Waals surface area (Å²) < 4.78 is 22.1. The summed E-state index contributed by atoms with van der Waals surface area (Å²) in [6, 6.07) is 9.45. The highest BCUT2D eigenvalue weighted by atomic mass is 16.6. The Balaban J connectivity index is 1.46. The van der Waals surface area contributed by atoms with Crippen molar-refractivity contribution in [2.75, 3.05) is 13.2 Å². The van der Waals surface area contributed by atoms with Crippen LogP contribution in [0.1, 0.15) is 31.1 Å². The number of aromatic nitrogens is 3. The Morgan fingerprint density at radius 3 is 1.82 bits per heavy atom. The zero-order chi connectivity index (χ0) is 23.0. The third kappa shape index (κ3) is 5.55. The van der Waals surface area contributed by atoms with Crippen LogP contribution in [0.5, 0.6) is 0 Å². The zero-order valence-corrected chi connectivity index (χ0v) is 17.3. The molecule has 3 unspecified atom stereocenters. The quantitative estimate of drug-likeness (QED) is 0.390. The highest BCUT2D eigenvalue weighted by molar-refractivity contribution is 5.90. The van der Waals surface area contributed by atoms with Crippen LogP contribution in [-0.2, 0) is 18.9 Å². The van der Waals surface area contributed by atoms with E-state index < -0.39 is 36.2 Å². The molecule has 10 heteroatoms. The number of ether oxygens (including phenoxy) is 4. The first-order valence-electron chi connectivity index (χ1n) is 10.0. The molecule has 0 amide bonds. The Labute approximate surface area is 188 Å². The minimum atomic E-state index is -1.01. The minimum absolute atomic E-state index is 0.0495. The second kappa shape index (κ2) is 10.4. The Hall–Kier alpha value is -4.18. The molecule has 3 aromatic heterocycles. The highest BCUT2D eigenvalue weighted by Gasteiger charge is 2.44. The SMILES string of the molecule is O=C(OCC1OCC(OC(=O)c2cccnc2)C1OC(=O)c1cccnc1)c1cccnc1. The number of carbonyl (C=O) groups excluding carboxylic acids is 3. The molecule has 1 fully saturated rings. The number of rotatable bonds is 7. The molecule has 0 bridgehead atoms. The summed E-state index contributed by atoms with van der Waals surface area (Å²) in [6.07, 6.45) is 5.89. The van der Waals surface area contributed by atoms with E-state index in [4.69, 9.17) is 18.9 Å². The highest BCUT2D eigenvalue weighted by Crippen LogP contribution is 2.24. The van der Waals surface area contributed by atoms with Crippen molar-refractivity contribution in [1.29, 1.82) is 0 Å². The van der Waals surface area contributed by atoms with Crippen LogP contribution in [0.2, 0.25) is 0 Å². The molecule has 1 aliphatic heterocycles. The van der Waals surface area contributed by atoms with Gasteiger partial charge in [-0.15, -0.1) is 0 Å². The third-order valence-electron chi connectivity index (χ3n) is 4.78. The van der Waals surface area contributed by atoms with Gasteiger partial charge in [0.05, 0.1) is 23.3 Å². The first kappa shape index (κ1) is 22.0.